The van der Waals surface area contributed by atoms with Gasteiger partial charge in [-0.3, -0.25) is 4.79 Å². The molecule has 2 aromatic rings. The number of piperidine rings is 1. The lowest BCUT2D eigenvalue weighted by molar-refractivity contribution is 0.0714. The number of amides is 1. The number of likely N-dealkylation sites (tertiary alicyclic amines) is 1. The molecule has 0 aliphatic carbocycles. The van der Waals surface area contributed by atoms with Gasteiger partial charge in [-0.1, -0.05) is 6.07 Å². The van der Waals surface area contributed by atoms with Gasteiger partial charge in [0.05, 0.1) is 0 Å². The molecule has 0 aromatic heterocycles. The first-order chi connectivity index (χ1) is 11.9. The number of carbonyl (C=O) groups excluding carboxylic acids is 1. The van der Waals surface area contributed by atoms with Crippen molar-refractivity contribution in [3.8, 4) is 0 Å². The van der Waals surface area contributed by atoms with E-state index in [-0.39, 0.29) is 17.5 Å². The highest BCUT2D eigenvalue weighted by Crippen LogP contribution is 2.20. The van der Waals surface area contributed by atoms with Crippen molar-refractivity contribution in [2.75, 3.05) is 18.4 Å². The summed E-state index contributed by atoms with van der Waals surface area (Å²) in [4.78, 5) is 14.3. The summed E-state index contributed by atoms with van der Waals surface area (Å²) < 4.78 is 26.4. The molecule has 0 bridgehead atoms. The Labute approximate surface area is 146 Å². The van der Waals surface area contributed by atoms with Crippen LogP contribution in [-0.2, 0) is 0 Å². The quantitative estimate of drug-likeness (QED) is 0.900. The van der Waals surface area contributed by atoms with E-state index in [0.717, 1.165) is 30.7 Å². The van der Waals surface area contributed by atoms with Gasteiger partial charge in [0.15, 0.2) is 11.6 Å². The normalized spacial score (nSPS) is 17.4. The van der Waals surface area contributed by atoms with Crippen molar-refractivity contribution in [3.63, 3.8) is 0 Å². The van der Waals surface area contributed by atoms with Crippen LogP contribution in [0.15, 0.2) is 36.4 Å². The number of anilines is 1. The summed E-state index contributed by atoms with van der Waals surface area (Å²) >= 11 is 0. The maximum Gasteiger partial charge on any atom is 0.254 e. The van der Waals surface area contributed by atoms with Gasteiger partial charge in [-0.15, -0.1) is 0 Å². The molecule has 2 aromatic carbocycles. The largest absolute Gasteiger partial charge is 0.381 e. The highest BCUT2D eigenvalue weighted by molar-refractivity contribution is 5.94. The molecule has 1 fully saturated rings. The molecule has 1 amide bonds. The molecule has 1 atom stereocenters. The van der Waals surface area contributed by atoms with Crippen LogP contribution in [0.4, 0.5) is 14.5 Å². The first-order valence-electron chi connectivity index (χ1n) is 8.52. The molecule has 0 spiro atoms. The van der Waals surface area contributed by atoms with E-state index in [9.17, 15) is 13.6 Å². The minimum absolute atomic E-state index is 0.144. The molecule has 1 heterocycles. The maximum atomic E-state index is 13.4. The summed E-state index contributed by atoms with van der Waals surface area (Å²) in [7, 11) is 0. The predicted octanol–water partition coefficient (Wildman–Crippen LogP) is 4.30. The summed E-state index contributed by atoms with van der Waals surface area (Å²) in [6, 6.07) is 9.66. The second-order valence-corrected chi connectivity index (χ2v) is 6.66. The monoisotopic (exact) mass is 344 g/mol. The third-order valence-corrected chi connectivity index (χ3v) is 4.75. The van der Waals surface area contributed by atoms with Crippen molar-refractivity contribution in [1.29, 1.82) is 0 Å². The second kappa shape index (κ2) is 7.21. The van der Waals surface area contributed by atoms with Gasteiger partial charge in [-0.05, 0) is 68.1 Å². The van der Waals surface area contributed by atoms with Crippen molar-refractivity contribution in [2.24, 2.45) is 0 Å². The molecule has 1 N–H and O–H groups in total. The van der Waals surface area contributed by atoms with Gasteiger partial charge >= 0.3 is 0 Å². The molecular weight excluding hydrogens is 322 g/mol. The minimum atomic E-state index is -0.993. The highest BCUT2D eigenvalue weighted by Gasteiger charge is 2.25. The summed E-state index contributed by atoms with van der Waals surface area (Å²) in [5.74, 6) is -2.19. The van der Waals surface area contributed by atoms with Gasteiger partial charge in [0, 0.05) is 30.4 Å². The number of aryl methyl sites for hydroxylation is 2. The molecule has 0 saturated carbocycles. The van der Waals surface area contributed by atoms with Crippen LogP contribution in [0.2, 0.25) is 0 Å². The van der Waals surface area contributed by atoms with Crippen molar-refractivity contribution < 1.29 is 13.6 Å². The molecule has 3 nitrogen and oxygen atoms in total. The average molecular weight is 344 g/mol. The Bertz CT molecular complexity index is 791. The molecule has 1 aliphatic heterocycles. The Hall–Kier alpha value is -2.43. The van der Waals surface area contributed by atoms with Crippen molar-refractivity contribution in [1.82, 2.24) is 4.90 Å². The van der Waals surface area contributed by atoms with E-state index < -0.39 is 11.6 Å². The van der Waals surface area contributed by atoms with Gasteiger partial charge in [-0.2, -0.15) is 0 Å². The Kier molecular flexibility index (Phi) is 5.02. The summed E-state index contributed by atoms with van der Waals surface area (Å²) in [6.45, 7) is 5.32. The van der Waals surface area contributed by atoms with Gasteiger partial charge in [0.1, 0.15) is 0 Å². The predicted molar refractivity (Wildman–Crippen MR) is 94.8 cm³/mol. The number of hydrogen-bond donors (Lipinski definition) is 1. The Morgan fingerprint density at radius 3 is 2.60 bits per heavy atom. The van der Waals surface area contributed by atoms with E-state index in [4.69, 9.17) is 0 Å². The van der Waals surface area contributed by atoms with E-state index in [2.05, 4.69) is 31.3 Å². The molecule has 1 aliphatic rings. The molecule has 25 heavy (non-hydrogen) atoms. The number of rotatable bonds is 3. The number of nitrogens with zero attached hydrogens (tertiary/aromatic N) is 1. The van der Waals surface area contributed by atoms with Crippen LogP contribution in [0.3, 0.4) is 0 Å². The zero-order valence-corrected chi connectivity index (χ0v) is 14.5. The van der Waals surface area contributed by atoms with E-state index in [1.807, 2.05) is 6.07 Å². The molecule has 0 unspecified atom stereocenters. The van der Waals surface area contributed by atoms with Crippen LogP contribution in [-0.4, -0.2) is 29.9 Å². The minimum Gasteiger partial charge on any atom is -0.381 e. The number of nitrogens with one attached hydrogen (secondary N) is 1. The Morgan fingerprint density at radius 2 is 1.88 bits per heavy atom. The van der Waals surface area contributed by atoms with E-state index >= 15 is 0 Å². The third-order valence-electron chi connectivity index (χ3n) is 4.75. The van der Waals surface area contributed by atoms with Gasteiger partial charge in [0.25, 0.3) is 5.91 Å². The lowest BCUT2D eigenvalue weighted by Gasteiger charge is -2.34. The van der Waals surface area contributed by atoms with Crippen LogP contribution in [0.1, 0.15) is 34.3 Å². The van der Waals surface area contributed by atoms with Crippen LogP contribution < -0.4 is 5.32 Å². The number of carbonyl (C=O) groups is 1. The molecule has 132 valence electrons. The topological polar surface area (TPSA) is 32.3 Å². The molecule has 0 radical (unpaired) electrons. The van der Waals surface area contributed by atoms with E-state index in [1.165, 1.54) is 17.2 Å². The molecule has 5 heteroatoms. The Morgan fingerprint density at radius 1 is 1.08 bits per heavy atom. The summed E-state index contributed by atoms with van der Waals surface area (Å²) in [6.07, 6.45) is 1.84. The zero-order valence-electron chi connectivity index (χ0n) is 14.5. The van der Waals surface area contributed by atoms with Crippen LogP contribution in [0.25, 0.3) is 0 Å². The Balaban J connectivity index is 1.68. The number of hydrogen-bond acceptors (Lipinski definition) is 2. The molecule has 3 rings (SSSR count). The first-order valence-corrected chi connectivity index (χ1v) is 8.52. The van der Waals surface area contributed by atoms with Crippen LogP contribution in [0, 0.1) is 25.5 Å². The smallest absolute Gasteiger partial charge is 0.254 e. The van der Waals surface area contributed by atoms with Gasteiger partial charge in [-0.25, -0.2) is 8.78 Å². The first kappa shape index (κ1) is 17.4. The fourth-order valence-corrected chi connectivity index (χ4v) is 3.16. The molecular formula is C20H22F2N2O. The standard InChI is InChI=1S/C20H22F2N2O/c1-13-5-7-16(10-14(13)2)23-17-4-3-9-24(12-17)20(25)15-6-8-18(21)19(22)11-15/h5-8,10-11,17,23H,3-4,9,12H2,1-2H3/t17-/m0/s1. The maximum absolute atomic E-state index is 13.4. The van der Waals surface area contributed by atoms with Gasteiger partial charge in [0.2, 0.25) is 0 Å². The van der Waals surface area contributed by atoms with Crippen LogP contribution >= 0.6 is 0 Å². The summed E-state index contributed by atoms with van der Waals surface area (Å²) in [5, 5.41) is 3.48. The average Bonchev–Trinajstić information content (AvgIpc) is 2.60. The third kappa shape index (κ3) is 3.98. The van der Waals surface area contributed by atoms with Gasteiger partial charge < -0.3 is 10.2 Å². The lowest BCUT2D eigenvalue weighted by atomic mass is 10.0. The zero-order chi connectivity index (χ0) is 18.0. The fraction of sp³-hybridized carbons (Fsp3) is 0.350. The second-order valence-electron chi connectivity index (χ2n) is 6.66. The fourth-order valence-electron chi connectivity index (χ4n) is 3.16. The van der Waals surface area contributed by atoms with Crippen molar-refractivity contribution in [3.05, 3.63) is 64.7 Å². The van der Waals surface area contributed by atoms with Crippen molar-refractivity contribution >= 4 is 11.6 Å². The van der Waals surface area contributed by atoms with E-state index in [1.54, 1.807) is 4.90 Å². The van der Waals surface area contributed by atoms with Crippen molar-refractivity contribution in [2.45, 2.75) is 32.7 Å². The van der Waals surface area contributed by atoms with E-state index in [0.29, 0.717) is 13.1 Å². The molecule has 1 saturated heterocycles. The number of benzene rings is 2. The number of halogens is 2. The lowest BCUT2D eigenvalue weighted by Crippen LogP contribution is -2.45. The SMILES string of the molecule is Cc1ccc(N[C@H]2CCCN(C(=O)c3ccc(F)c(F)c3)C2)cc1C. The summed E-state index contributed by atoms with van der Waals surface area (Å²) in [5.41, 5.74) is 3.68. The van der Waals surface area contributed by atoms with Crippen LogP contribution in [0.5, 0.6) is 0 Å². The highest BCUT2D eigenvalue weighted by atomic mass is 19.2.